The summed E-state index contributed by atoms with van der Waals surface area (Å²) in [7, 11) is 0. The standard InChI is InChI=1S/C14H14BrN3O2/c15-12-5-6-14(18(19)20)13(7-12)17-9-11-3-1-10(8-16)2-4-11/h1-7,17H,8-9,16H2. The molecule has 0 aliphatic carbocycles. The minimum atomic E-state index is -0.397. The first-order chi connectivity index (χ1) is 9.60. The lowest BCUT2D eigenvalue weighted by Gasteiger charge is -2.08. The number of benzene rings is 2. The lowest BCUT2D eigenvalue weighted by atomic mass is 10.1. The number of nitrogens with two attached hydrogens (primary N) is 1. The largest absolute Gasteiger partial charge is 0.375 e. The fraction of sp³-hybridized carbons (Fsp3) is 0.143. The number of hydrogen-bond donors (Lipinski definition) is 2. The molecule has 0 saturated heterocycles. The van der Waals surface area contributed by atoms with Crippen LogP contribution in [0, 0.1) is 10.1 Å². The van der Waals surface area contributed by atoms with Crippen molar-refractivity contribution in [1.29, 1.82) is 0 Å². The highest BCUT2D eigenvalue weighted by Crippen LogP contribution is 2.28. The van der Waals surface area contributed by atoms with Gasteiger partial charge < -0.3 is 11.1 Å². The second kappa shape index (κ2) is 6.49. The smallest absolute Gasteiger partial charge is 0.292 e. The van der Waals surface area contributed by atoms with Gasteiger partial charge in [0.25, 0.3) is 5.69 Å². The van der Waals surface area contributed by atoms with Gasteiger partial charge in [0, 0.05) is 23.6 Å². The topological polar surface area (TPSA) is 81.2 Å². The van der Waals surface area contributed by atoms with Gasteiger partial charge in [-0.2, -0.15) is 0 Å². The van der Waals surface area contributed by atoms with Crippen molar-refractivity contribution < 1.29 is 4.92 Å². The first kappa shape index (κ1) is 14.5. The maximum Gasteiger partial charge on any atom is 0.292 e. The number of hydrogen-bond acceptors (Lipinski definition) is 4. The van der Waals surface area contributed by atoms with Crippen molar-refractivity contribution in [2.45, 2.75) is 13.1 Å². The van der Waals surface area contributed by atoms with Crippen LogP contribution in [0.25, 0.3) is 0 Å². The van der Waals surface area contributed by atoms with Crippen LogP contribution in [0.2, 0.25) is 0 Å². The monoisotopic (exact) mass is 335 g/mol. The zero-order chi connectivity index (χ0) is 14.5. The summed E-state index contributed by atoms with van der Waals surface area (Å²) < 4.78 is 0.795. The Bertz CT molecular complexity index is 614. The molecular weight excluding hydrogens is 322 g/mol. The average molecular weight is 336 g/mol. The van der Waals surface area contributed by atoms with Crippen LogP contribution in [0.1, 0.15) is 11.1 Å². The highest BCUT2D eigenvalue weighted by Gasteiger charge is 2.13. The van der Waals surface area contributed by atoms with Gasteiger partial charge in [-0.05, 0) is 23.3 Å². The Morgan fingerprint density at radius 3 is 2.40 bits per heavy atom. The SMILES string of the molecule is NCc1ccc(CNc2cc(Br)ccc2[N+](=O)[O-])cc1. The zero-order valence-corrected chi connectivity index (χ0v) is 12.3. The molecule has 0 fully saturated rings. The molecule has 0 amide bonds. The van der Waals surface area contributed by atoms with Crippen molar-refractivity contribution in [1.82, 2.24) is 0 Å². The number of nitro groups is 1. The lowest BCUT2D eigenvalue weighted by Crippen LogP contribution is -2.03. The normalized spacial score (nSPS) is 10.3. The Morgan fingerprint density at radius 2 is 1.80 bits per heavy atom. The van der Waals surface area contributed by atoms with Crippen LogP contribution >= 0.6 is 15.9 Å². The van der Waals surface area contributed by atoms with E-state index in [9.17, 15) is 10.1 Å². The van der Waals surface area contributed by atoms with E-state index < -0.39 is 4.92 Å². The molecule has 0 aromatic heterocycles. The second-order valence-electron chi connectivity index (χ2n) is 4.29. The average Bonchev–Trinajstić information content (AvgIpc) is 2.45. The fourth-order valence-corrected chi connectivity index (χ4v) is 2.16. The van der Waals surface area contributed by atoms with Gasteiger partial charge >= 0.3 is 0 Å². The summed E-state index contributed by atoms with van der Waals surface area (Å²) >= 11 is 3.31. The molecule has 20 heavy (non-hydrogen) atoms. The summed E-state index contributed by atoms with van der Waals surface area (Å²) in [5, 5.41) is 14.1. The molecule has 5 nitrogen and oxygen atoms in total. The third-order valence-corrected chi connectivity index (χ3v) is 3.39. The molecule has 0 saturated carbocycles. The van der Waals surface area contributed by atoms with Crippen molar-refractivity contribution in [3.05, 3.63) is 68.2 Å². The minimum absolute atomic E-state index is 0.0618. The first-order valence-electron chi connectivity index (χ1n) is 6.06. The fourth-order valence-electron chi connectivity index (χ4n) is 1.80. The van der Waals surface area contributed by atoms with Gasteiger partial charge in [0.15, 0.2) is 0 Å². The summed E-state index contributed by atoms with van der Waals surface area (Å²) in [6, 6.07) is 12.6. The minimum Gasteiger partial charge on any atom is -0.375 e. The predicted octanol–water partition coefficient (Wildman–Crippen LogP) is 3.43. The van der Waals surface area contributed by atoms with Crippen molar-refractivity contribution in [2.24, 2.45) is 5.73 Å². The van der Waals surface area contributed by atoms with Gasteiger partial charge in [-0.15, -0.1) is 0 Å². The van der Waals surface area contributed by atoms with E-state index in [1.165, 1.54) is 6.07 Å². The van der Waals surface area contributed by atoms with Gasteiger partial charge in [0.2, 0.25) is 0 Å². The molecule has 0 radical (unpaired) electrons. The number of halogens is 1. The maximum atomic E-state index is 11.0. The molecular formula is C14H14BrN3O2. The first-order valence-corrected chi connectivity index (χ1v) is 6.85. The Morgan fingerprint density at radius 1 is 1.15 bits per heavy atom. The number of nitrogens with zero attached hydrogens (tertiary/aromatic N) is 1. The van der Waals surface area contributed by atoms with Gasteiger partial charge in [0.05, 0.1) is 4.92 Å². The van der Waals surface area contributed by atoms with E-state index in [0.717, 1.165) is 15.6 Å². The summed E-state index contributed by atoms with van der Waals surface area (Å²) in [6.45, 7) is 1.02. The summed E-state index contributed by atoms with van der Waals surface area (Å²) in [4.78, 5) is 10.6. The molecule has 0 spiro atoms. The molecule has 0 bridgehead atoms. The molecule has 3 N–H and O–H groups in total. The maximum absolute atomic E-state index is 11.0. The van der Waals surface area contributed by atoms with Gasteiger partial charge in [-0.25, -0.2) is 0 Å². The summed E-state index contributed by atoms with van der Waals surface area (Å²) in [5.41, 5.74) is 8.19. The van der Waals surface area contributed by atoms with Crippen LogP contribution in [0.5, 0.6) is 0 Å². The summed E-state index contributed by atoms with van der Waals surface area (Å²) in [5.74, 6) is 0. The Labute approximate surface area is 125 Å². The highest BCUT2D eigenvalue weighted by molar-refractivity contribution is 9.10. The third-order valence-electron chi connectivity index (χ3n) is 2.90. The molecule has 2 rings (SSSR count). The predicted molar refractivity (Wildman–Crippen MR) is 82.5 cm³/mol. The van der Waals surface area contributed by atoms with Gasteiger partial charge in [-0.3, -0.25) is 10.1 Å². The third kappa shape index (κ3) is 3.55. The van der Waals surface area contributed by atoms with Crippen molar-refractivity contribution in [3.8, 4) is 0 Å². The van der Waals surface area contributed by atoms with Crippen LogP contribution in [-0.4, -0.2) is 4.92 Å². The van der Waals surface area contributed by atoms with Crippen LogP contribution in [-0.2, 0) is 13.1 Å². The van der Waals surface area contributed by atoms with Crippen LogP contribution in [0.3, 0.4) is 0 Å². The van der Waals surface area contributed by atoms with Crippen molar-refractivity contribution in [2.75, 3.05) is 5.32 Å². The van der Waals surface area contributed by atoms with Crippen LogP contribution in [0.4, 0.5) is 11.4 Å². The van der Waals surface area contributed by atoms with Crippen molar-refractivity contribution in [3.63, 3.8) is 0 Å². The van der Waals surface area contributed by atoms with Gasteiger partial charge in [0.1, 0.15) is 5.69 Å². The highest BCUT2D eigenvalue weighted by atomic mass is 79.9. The summed E-state index contributed by atoms with van der Waals surface area (Å²) in [6.07, 6.45) is 0. The second-order valence-corrected chi connectivity index (χ2v) is 5.21. The van der Waals surface area contributed by atoms with E-state index in [1.807, 2.05) is 24.3 Å². The van der Waals surface area contributed by atoms with Crippen LogP contribution < -0.4 is 11.1 Å². The van der Waals surface area contributed by atoms with E-state index in [0.29, 0.717) is 18.8 Å². The zero-order valence-electron chi connectivity index (χ0n) is 10.7. The molecule has 0 heterocycles. The molecule has 0 aliphatic rings. The number of anilines is 1. The van der Waals surface area contributed by atoms with E-state index in [2.05, 4.69) is 21.2 Å². The van der Waals surface area contributed by atoms with E-state index in [1.54, 1.807) is 12.1 Å². The molecule has 2 aromatic carbocycles. The van der Waals surface area contributed by atoms with Gasteiger partial charge in [-0.1, -0.05) is 40.2 Å². The van der Waals surface area contributed by atoms with Crippen molar-refractivity contribution >= 4 is 27.3 Å². The lowest BCUT2D eigenvalue weighted by molar-refractivity contribution is -0.384. The Balaban J connectivity index is 2.13. The van der Waals surface area contributed by atoms with E-state index in [4.69, 9.17) is 5.73 Å². The molecule has 0 aliphatic heterocycles. The van der Waals surface area contributed by atoms with E-state index in [-0.39, 0.29) is 5.69 Å². The quantitative estimate of drug-likeness (QED) is 0.647. The van der Waals surface area contributed by atoms with Crippen LogP contribution in [0.15, 0.2) is 46.9 Å². The van der Waals surface area contributed by atoms with E-state index >= 15 is 0 Å². The number of nitrogens with one attached hydrogen (secondary N) is 1. The molecule has 0 unspecified atom stereocenters. The molecule has 0 atom stereocenters. The molecule has 104 valence electrons. The number of nitro benzene ring substituents is 1. The molecule has 2 aromatic rings. The molecule has 6 heteroatoms. The Kier molecular flexibility index (Phi) is 4.70. The number of rotatable bonds is 5. The Hall–Kier alpha value is -1.92.